The highest BCUT2D eigenvalue weighted by molar-refractivity contribution is 5.80. The lowest BCUT2D eigenvalue weighted by molar-refractivity contribution is 0.0583. The molecule has 6 heteroatoms. The van der Waals surface area contributed by atoms with E-state index in [9.17, 15) is 4.79 Å². The molecular formula is C23H35N5O. The standard InChI is InChI=1S/C23H35N5O/c1-4-27-13-10-23(11-14-27,26(2)3)17-25-22(29)28(20-6-7-20)16-18-5-8-21-19(15-18)9-12-24-21/h5,8-9,12,15,20,24H,4,6-7,10-11,13-14,16-17H2,1-3H3,(H,25,29). The maximum absolute atomic E-state index is 13.2. The Bertz CT molecular complexity index is 833. The van der Waals surface area contributed by atoms with Gasteiger partial charge in [-0.2, -0.15) is 0 Å². The lowest BCUT2D eigenvalue weighted by Gasteiger charge is -2.46. The van der Waals surface area contributed by atoms with E-state index in [0.717, 1.165) is 57.4 Å². The number of likely N-dealkylation sites (N-methyl/N-ethyl adjacent to an activating group) is 1. The van der Waals surface area contributed by atoms with Crippen LogP contribution >= 0.6 is 0 Å². The maximum Gasteiger partial charge on any atom is 0.318 e. The minimum absolute atomic E-state index is 0.0561. The van der Waals surface area contributed by atoms with Crippen LogP contribution < -0.4 is 5.32 Å². The van der Waals surface area contributed by atoms with Crippen molar-refractivity contribution in [2.75, 3.05) is 40.3 Å². The lowest BCUT2D eigenvalue weighted by Crippen LogP contribution is -2.59. The largest absolute Gasteiger partial charge is 0.361 e. The van der Waals surface area contributed by atoms with Crippen LogP contribution in [-0.4, -0.2) is 77.6 Å². The second kappa shape index (κ2) is 8.36. The average molecular weight is 398 g/mol. The van der Waals surface area contributed by atoms with Crippen LogP contribution in [0.25, 0.3) is 10.9 Å². The zero-order valence-corrected chi connectivity index (χ0v) is 18.1. The first-order valence-corrected chi connectivity index (χ1v) is 11.0. The Kier molecular flexibility index (Phi) is 5.83. The van der Waals surface area contributed by atoms with Gasteiger partial charge in [0.25, 0.3) is 0 Å². The summed E-state index contributed by atoms with van der Waals surface area (Å²) < 4.78 is 0. The van der Waals surface area contributed by atoms with Crippen LogP contribution in [-0.2, 0) is 6.54 Å². The van der Waals surface area contributed by atoms with E-state index in [1.807, 2.05) is 11.1 Å². The van der Waals surface area contributed by atoms with Crippen molar-refractivity contribution >= 4 is 16.9 Å². The second-order valence-electron chi connectivity index (χ2n) is 8.97. The number of amides is 2. The zero-order valence-electron chi connectivity index (χ0n) is 18.1. The topological polar surface area (TPSA) is 54.6 Å². The van der Waals surface area contributed by atoms with Crippen molar-refractivity contribution in [3.05, 3.63) is 36.0 Å². The van der Waals surface area contributed by atoms with E-state index in [0.29, 0.717) is 12.6 Å². The summed E-state index contributed by atoms with van der Waals surface area (Å²) >= 11 is 0. The minimum Gasteiger partial charge on any atom is -0.361 e. The Hall–Kier alpha value is -2.05. The highest BCUT2D eigenvalue weighted by Crippen LogP contribution is 2.30. The van der Waals surface area contributed by atoms with Crippen LogP contribution in [0.15, 0.2) is 30.5 Å². The molecule has 0 unspecified atom stereocenters. The molecule has 0 radical (unpaired) electrons. The number of benzene rings is 1. The molecule has 2 N–H and O–H groups in total. The van der Waals surface area contributed by atoms with E-state index in [1.165, 1.54) is 10.9 Å². The molecular weight excluding hydrogens is 362 g/mol. The fraction of sp³-hybridized carbons (Fsp3) is 0.609. The molecule has 2 fully saturated rings. The van der Waals surface area contributed by atoms with Crippen LogP contribution in [0.2, 0.25) is 0 Å². The van der Waals surface area contributed by atoms with Crippen LogP contribution in [0.4, 0.5) is 4.79 Å². The van der Waals surface area contributed by atoms with Gasteiger partial charge in [-0.25, -0.2) is 4.79 Å². The first-order valence-electron chi connectivity index (χ1n) is 11.0. The van der Waals surface area contributed by atoms with E-state index in [-0.39, 0.29) is 11.6 Å². The van der Waals surface area contributed by atoms with Gasteiger partial charge >= 0.3 is 6.03 Å². The zero-order chi connectivity index (χ0) is 20.4. The molecule has 1 aliphatic heterocycles. The number of urea groups is 1. The monoisotopic (exact) mass is 397 g/mol. The predicted octanol–water partition coefficient (Wildman–Crippen LogP) is 3.26. The van der Waals surface area contributed by atoms with Crippen LogP contribution in [0.3, 0.4) is 0 Å². The molecule has 4 rings (SSSR count). The molecule has 1 aliphatic carbocycles. The number of hydrogen-bond donors (Lipinski definition) is 2. The first kappa shape index (κ1) is 20.2. The Morgan fingerprint density at radius 3 is 2.66 bits per heavy atom. The molecule has 1 aromatic carbocycles. The van der Waals surface area contributed by atoms with Crippen molar-refractivity contribution in [2.45, 2.75) is 50.7 Å². The van der Waals surface area contributed by atoms with E-state index in [4.69, 9.17) is 0 Å². The third-order valence-electron chi connectivity index (χ3n) is 6.97. The molecule has 0 bridgehead atoms. The predicted molar refractivity (Wildman–Crippen MR) is 118 cm³/mol. The normalized spacial score (nSPS) is 19.6. The summed E-state index contributed by atoms with van der Waals surface area (Å²) in [4.78, 5) is 23.2. The number of likely N-dealkylation sites (tertiary alicyclic amines) is 1. The van der Waals surface area contributed by atoms with Gasteiger partial charge in [0, 0.05) is 36.4 Å². The number of rotatable bonds is 7. The summed E-state index contributed by atoms with van der Waals surface area (Å²) in [6, 6.07) is 8.98. The molecule has 2 aromatic rings. The summed E-state index contributed by atoms with van der Waals surface area (Å²) in [5.41, 5.74) is 2.39. The van der Waals surface area contributed by atoms with Crippen LogP contribution in [0, 0.1) is 0 Å². The van der Waals surface area contributed by atoms with E-state index in [1.54, 1.807) is 0 Å². The number of fused-ring (bicyclic) bond motifs is 1. The Morgan fingerprint density at radius 2 is 2.00 bits per heavy atom. The molecule has 158 valence electrons. The SMILES string of the molecule is CCN1CCC(CNC(=O)N(Cc2ccc3[nH]ccc3c2)C2CC2)(N(C)C)CC1. The summed E-state index contributed by atoms with van der Waals surface area (Å²) in [5.74, 6) is 0. The number of H-pyrrole nitrogens is 1. The van der Waals surface area contributed by atoms with Gasteiger partial charge in [-0.3, -0.25) is 0 Å². The van der Waals surface area contributed by atoms with Crippen molar-refractivity contribution < 1.29 is 4.79 Å². The van der Waals surface area contributed by atoms with Gasteiger partial charge < -0.3 is 25.0 Å². The fourth-order valence-electron chi connectivity index (χ4n) is 4.56. The van der Waals surface area contributed by atoms with Gasteiger partial charge in [0.2, 0.25) is 0 Å². The van der Waals surface area contributed by atoms with Gasteiger partial charge in [-0.05, 0) is 88.6 Å². The van der Waals surface area contributed by atoms with Crippen molar-refractivity contribution in [3.8, 4) is 0 Å². The van der Waals surface area contributed by atoms with Crippen LogP contribution in [0.5, 0.6) is 0 Å². The molecule has 2 aliphatic rings. The molecule has 0 atom stereocenters. The number of nitrogens with zero attached hydrogens (tertiary/aromatic N) is 3. The number of aromatic amines is 1. The quantitative estimate of drug-likeness (QED) is 0.754. The Morgan fingerprint density at radius 1 is 1.24 bits per heavy atom. The van der Waals surface area contributed by atoms with Gasteiger partial charge in [0.05, 0.1) is 0 Å². The van der Waals surface area contributed by atoms with Crippen molar-refractivity contribution in [2.24, 2.45) is 0 Å². The second-order valence-corrected chi connectivity index (χ2v) is 8.97. The van der Waals surface area contributed by atoms with Gasteiger partial charge in [-0.15, -0.1) is 0 Å². The molecule has 2 amide bonds. The number of nitrogens with one attached hydrogen (secondary N) is 2. The lowest BCUT2D eigenvalue weighted by atomic mass is 9.86. The molecule has 29 heavy (non-hydrogen) atoms. The average Bonchev–Trinajstić information content (AvgIpc) is 3.47. The number of piperidine rings is 1. The first-order chi connectivity index (χ1) is 14.0. The Labute approximate surface area is 174 Å². The molecule has 1 aromatic heterocycles. The van der Waals surface area contributed by atoms with E-state index < -0.39 is 0 Å². The summed E-state index contributed by atoms with van der Waals surface area (Å²) in [6.45, 7) is 6.94. The van der Waals surface area contributed by atoms with Gasteiger partial charge in [-0.1, -0.05) is 13.0 Å². The van der Waals surface area contributed by atoms with Crippen LogP contribution in [0.1, 0.15) is 38.2 Å². The third-order valence-corrected chi connectivity index (χ3v) is 6.97. The third kappa shape index (κ3) is 4.43. The van der Waals surface area contributed by atoms with Crippen molar-refractivity contribution in [3.63, 3.8) is 0 Å². The Balaban J connectivity index is 1.40. The van der Waals surface area contributed by atoms with Gasteiger partial charge in [0.1, 0.15) is 0 Å². The summed E-state index contributed by atoms with van der Waals surface area (Å²) in [7, 11) is 4.30. The van der Waals surface area contributed by atoms with Crippen molar-refractivity contribution in [1.82, 2.24) is 25.0 Å². The number of carbonyl (C=O) groups is 1. The van der Waals surface area contributed by atoms with Crippen molar-refractivity contribution in [1.29, 1.82) is 0 Å². The summed E-state index contributed by atoms with van der Waals surface area (Å²) in [5, 5.41) is 4.50. The molecule has 6 nitrogen and oxygen atoms in total. The van der Waals surface area contributed by atoms with E-state index in [2.05, 4.69) is 65.4 Å². The highest BCUT2D eigenvalue weighted by atomic mass is 16.2. The smallest absolute Gasteiger partial charge is 0.318 e. The maximum atomic E-state index is 13.2. The molecule has 0 spiro atoms. The number of aromatic nitrogens is 1. The summed E-state index contributed by atoms with van der Waals surface area (Å²) in [6.07, 6.45) is 6.39. The fourth-order valence-corrected chi connectivity index (χ4v) is 4.56. The molecule has 1 saturated carbocycles. The minimum atomic E-state index is 0.0561. The molecule has 2 heterocycles. The number of carbonyl (C=O) groups excluding carboxylic acids is 1. The van der Waals surface area contributed by atoms with E-state index >= 15 is 0 Å². The van der Waals surface area contributed by atoms with Gasteiger partial charge in [0.15, 0.2) is 0 Å². The number of hydrogen-bond acceptors (Lipinski definition) is 3. The highest BCUT2D eigenvalue weighted by Gasteiger charge is 2.38. The molecule has 1 saturated heterocycles.